The molecule has 0 fully saturated rings. The van der Waals surface area contributed by atoms with Crippen LogP contribution in [0.25, 0.3) is 0 Å². The predicted molar refractivity (Wildman–Crippen MR) is 59.2 cm³/mol. The molecule has 1 atom stereocenters. The first kappa shape index (κ1) is 13.6. The van der Waals surface area contributed by atoms with Gasteiger partial charge in [-0.05, 0) is 30.7 Å². The summed E-state index contributed by atoms with van der Waals surface area (Å²) in [4.78, 5) is 11.2. The number of aliphatic carboxylic acids is 1. The van der Waals surface area contributed by atoms with Crippen molar-refractivity contribution in [2.45, 2.75) is 40.3 Å². The van der Waals surface area contributed by atoms with E-state index in [-0.39, 0.29) is 6.54 Å². The summed E-state index contributed by atoms with van der Waals surface area (Å²) < 4.78 is 6.71. The molecule has 0 aliphatic carbocycles. The second-order valence-corrected chi connectivity index (χ2v) is 4.11. The molecule has 0 bridgehead atoms. The van der Waals surface area contributed by atoms with Crippen molar-refractivity contribution in [1.29, 1.82) is 0 Å². The summed E-state index contributed by atoms with van der Waals surface area (Å²) >= 11 is 0. The van der Waals surface area contributed by atoms with Crippen molar-refractivity contribution in [3.8, 4) is 0 Å². The summed E-state index contributed by atoms with van der Waals surface area (Å²) in [6.45, 7) is 6.50. The van der Waals surface area contributed by atoms with Gasteiger partial charge in [-0.2, -0.15) is 0 Å². The highest BCUT2D eigenvalue weighted by Gasteiger charge is 2.33. The van der Waals surface area contributed by atoms with Crippen LogP contribution in [-0.2, 0) is 22.7 Å². The van der Waals surface area contributed by atoms with E-state index in [9.17, 15) is 9.90 Å². The minimum Gasteiger partial charge on any atom is -0.481 e. The maximum atomic E-state index is 11.2. The zero-order valence-electron chi connectivity index (χ0n) is 10.4. The highest BCUT2D eigenvalue weighted by Crippen LogP contribution is 2.23. The Hall–Kier alpha value is -1.50. The van der Waals surface area contributed by atoms with Gasteiger partial charge in [-0.25, -0.2) is 4.68 Å². The van der Waals surface area contributed by atoms with E-state index in [0.29, 0.717) is 25.5 Å². The summed E-state index contributed by atoms with van der Waals surface area (Å²) in [5, 5.41) is 20.3. The number of hydrogen-bond donors (Lipinski definition) is 1. The molecule has 1 rings (SSSR count). The Kier molecular flexibility index (Phi) is 4.56. The second kappa shape index (κ2) is 5.72. The third-order valence-electron chi connectivity index (χ3n) is 2.84. The fraction of sp³-hybridized carbons (Fsp3) is 0.800. The van der Waals surface area contributed by atoms with Gasteiger partial charge in [0.2, 0.25) is 0 Å². The largest absolute Gasteiger partial charge is 0.481 e. The Morgan fingerprint density at radius 3 is 2.76 bits per heavy atom. The summed E-state index contributed by atoms with van der Waals surface area (Å²) in [5.74, 6) is -0.300. The molecule has 0 aliphatic rings. The van der Waals surface area contributed by atoms with Gasteiger partial charge in [0.05, 0.1) is 12.0 Å². The standard InChI is InChI=1S/C10H18N4O3/c1-4-10(3,9(15)16)7-14-8(6-17-5-2)11-12-13-14/h4-7H2,1-3H3,(H,15,16). The lowest BCUT2D eigenvalue weighted by Crippen LogP contribution is -2.33. The highest BCUT2D eigenvalue weighted by atomic mass is 16.5. The number of nitrogens with zero attached hydrogens (tertiary/aromatic N) is 4. The molecular formula is C10H18N4O3. The minimum absolute atomic E-state index is 0.244. The molecule has 7 nitrogen and oxygen atoms in total. The molecule has 1 aromatic heterocycles. The van der Waals surface area contributed by atoms with Crippen LogP contribution in [-0.4, -0.2) is 37.9 Å². The molecule has 0 spiro atoms. The number of carbonyl (C=O) groups is 1. The molecule has 1 aromatic rings. The number of carboxylic acid groups (broad SMARTS) is 1. The summed E-state index contributed by atoms with van der Waals surface area (Å²) in [6.07, 6.45) is 0.510. The molecule has 17 heavy (non-hydrogen) atoms. The lowest BCUT2D eigenvalue weighted by atomic mass is 9.88. The van der Waals surface area contributed by atoms with Crippen LogP contribution in [0, 0.1) is 5.41 Å². The third-order valence-corrected chi connectivity index (χ3v) is 2.84. The van der Waals surface area contributed by atoms with Crippen LogP contribution in [0.5, 0.6) is 0 Å². The zero-order chi connectivity index (χ0) is 12.9. The fourth-order valence-electron chi connectivity index (χ4n) is 1.30. The van der Waals surface area contributed by atoms with Crippen molar-refractivity contribution >= 4 is 5.97 Å². The number of tetrazole rings is 1. The topological polar surface area (TPSA) is 90.1 Å². The van der Waals surface area contributed by atoms with E-state index in [0.717, 1.165) is 0 Å². The fourth-order valence-corrected chi connectivity index (χ4v) is 1.30. The molecule has 0 aliphatic heterocycles. The van der Waals surface area contributed by atoms with Crippen LogP contribution in [0.3, 0.4) is 0 Å². The van der Waals surface area contributed by atoms with Crippen LogP contribution in [0.1, 0.15) is 33.0 Å². The summed E-state index contributed by atoms with van der Waals surface area (Å²) in [5.41, 5.74) is -0.865. The molecule has 7 heteroatoms. The van der Waals surface area contributed by atoms with Gasteiger partial charge in [0.15, 0.2) is 5.82 Å². The van der Waals surface area contributed by atoms with Crippen LogP contribution >= 0.6 is 0 Å². The van der Waals surface area contributed by atoms with Crippen LogP contribution in [0.15, 0.2) is 0 Å². The smallest absolute Gasteiger partial charge is 0.311 e. The second-order valence-electron chi connectivity index (χ2n) is 4.11. The molecule has 0 saturated heterocycles. The van der Waals surface area contributed by atoms with Gasteiger partial charge in [-0.1, -0.05) is 6.92 Å². The Bertz CT molecular complexity index is 379. The van der Waals surface area contributed by atoms with Crippen molar-refractivity contribution < 1.29 is 14.6 Å². The first-order valence-electron chi connectivity index (χ1n) is 5.59. The average molecular weight is 242 g/mol. The van der Waals surface area contributed by atoms with Crippen molar-refractivity contribution in [3.05, 3.63) is 5.82 Å². The molecule has 0 amide bonds. The normalized spacial score (nSPS) is 14.5. The van der Waals surface area contributed by atoms with Crippen LogP contribution < -0.4 is 0 Å². The molecule has 0 aromatic carbocycles. The van der Waals surface area contributed by atoms with Gasteiger partial charge in [-0.15, -0.1) is 5.10 Å². The highest BCUT2D eigenvalue weighted by molar-refractivity contribution is 5.73. The van der Waals surface area contributed by atoms with Gasteiger partial charge in [0, 0.05) is 6.61 Å². The van der Waals surface area contributed by atoms with E-state index >= 15 is 0 Å². The van der Waals surface area contributed by atoms with E-state index in [4.69, 9.17) is 4.74 Å². The van der Waals surface area contributed by atoms with Crippen molar-refractivity contribution in [1.82, 2.24) is 20.2 Å². The number of aromatic nitrogens is 4. The number of rotatable bonds is 7. The first-order valence-corrected chi connectivity index (χ1v) is 5.59. The average Bonchev–Trinajstić information content (AvgIpc) is 2.73. The van der Waals surface area contributed by atoms with E-state index < -0.39 is 11.4 Å². The monoisotopic (exact) mass is 242 g/mol. The van der Waals surface area contributed by atoms with Crippen LogP contribution in [0.4, 0.5) is 0 Å². The predicted octanol–water partition coefficient (Wildman–Crippen LogP) is 0.710. The number of carboxylic acids is 1. The van der Waals surface area contributed by atoms with E-state index in [1.54, 1.807) is 6.92 Å². The Morgan fingerprint density at radius 1 is 1.53 bits per heavy atom. The quantitative estimate of drug-likeness (QED) is 0.757. The van der Waals surface area contributed by atoms with E-state index in [1.165, 1.54) is 4.68 Å². The summed E-state index contributed by atoms with van der Waals surface area (Å²) in [7, 11) is 0. The first-order chi connectivity index (χ1) is 8.03. The van der Waals surface area contributed by atoms with Gasteiger partial charge in [0.1, 0.15) is 6.61 Å². The van der Waals surface area contributed by atoms with Crippen molar-refractivity contribution in [2.24, 2.45) is 5.41 Å². The number of ether oxygens (including phenoxy) is 1. The van der Waals surface area contributed by atoms with Crippen molar-refractivity contribution in [2.75, 3.05) is 6.61 Å². The maximum Gasteiger partial charge on any atom is 0.311 e. The van der Waals surface area contributed by atoms with Gasteiger partial charge in [0.25, 0.3) is 0 Å². The SMILES string of the molecule is CCOCc1nnnn1CC(C)(CC)C(=O)O. The molecule has 96 valence electrons. The Balaban J connectivity index is 2.80. The maximum absolute atomic E-state index is 11.2. The molecule has 1 heterocycles. The molecule has 1 N–H and O–H groups in total. The lowest BCUT2D eigenvalue weighted by molar-refractivity contribution is -0.149. The van der Waals surface area contributed by atoms with Gasteiger partial charge < -0.3 is 9.84 Å². The van der Waals surface area contributed by atoms with E-state index in [2.05, 4.69) is 15.5 Å². The number of hydrogen-bond acceptors (Lipinski definition) is 5. The van der Waals surface area contributed by atoms with Crippen LogP contribution in [0.2, 0.25) is 0 Å². The molecule has 0 saturated carbocycles. The minimum atomic E-state index is -0.865. The van der Waals surface area contributed by atoms with Crippen molar-refractivity contribution in [3.63, 3.8) is 0 Å². The van der Waals surface area contributed by atoms with Gasteiger partial charge in [-0.3, -0.25) is 4.79 Å². The zero-order valence-corrected chi connectivity index (χ0v) is 10.4. The third kappa shape index (κ3) is 3.23. The van der Waals surface area contributed by atoms with Gasteiger partial charge >= 0.3 is 5.97 Å². The molecular weight excluding hydrogens is 224 g/mol. The molecule has 1 unspecified atom stereocenters. The molecule has 0 radical (unpaired) electrons. The lowest BCUT2D eigenvalue weighted by Gasteiger charge is -2.22. The van der Waals surface area contributed by atoms with E-state index in [1.807, 2.05) is 13.8 Å². The summed E-state index contributed by atoms with van der Waals surface area (Å²) in [6, 6.07) is 0. The Labute approximate surface area is 99.8 Å². The Morgan fingerprint density at radius 2 is 2.24 bits per heavy atom.